The molecular formula is C18H11ClN2O3S. The predicted octanol–water partition coefficient (Wildman–Crippen LogP) is 4.62. The van der Waals surface area contributed by atoms with Gasteiger partial charge in [-0.1, -0.05) is 23.2 Å². The zero-order chi connectivity index (χ0) is 17.6. The number of nitrogens with zero attached hydrogens (tertiary/aromatic N) is 1. The Morgan fingerprint density at radius 1 is 1.20 bits per heavy atom. The molecule has 4 aromatic rings. The Morgan fingerprint density at radius 2 is 2.04 bits per heavy atom. The van der Waals surface area contributed by atoms with Gasteiger partial charge in [0.2, 0.25) is 0 Å². The Kier molecular flexibility index (Phi) is 3.78. The number of halogens is 1. The number of aromatic nitrogens is 1. The first-order valence-electron chi connectivity index (χ1n) is 7.41. The number of hydrogen-bond acceptors (Lipinski definition) is 5. The maximum absolute atomic E-state index is 12.5. The molecule has 124 valence electrons. The van der Waals surface area contributed by atoms with Crippen LogP contribution in [0.1, 0.15) is 15.2 Å². The molecule has 0 radical (unpaired) electrons. The van der Waals surface area contributed by atoms with Crippen LogP contribution >= 0.6 is 22.9 Å². The SMILES string of the molecule is Cc1ccc2oc(=O)c3cc(C(=O)Nc4ccc(Cl)cn4)sc3c2c1. The molecule has 3 heterocycles. The second-order valence-corrected chi connectivity index (χ2v) is 7.05. The van der Waals surface area contributed by atoms with E-state index in [2.05, 4.69) is 10.3 Å². The molecule has 0 saturated heterocycles. The molecule has 0 fully saturated rings. The van der Waals surface area contributed by atoms with E-state index in [1.54, 1.807) is 24.3 Å². The lowest BCUT2D eigenvalue weighted by molar-refractivity contribution is 0.103. The molecule has 0 saturated carbocycles. The molecule has 0 bridgehead atoms. The summed E-state index contributed by atoms with van der Waals surface area (Å²) in [7, 11) is 0. The summed E-state index contributed by atoms with van der Waals surface area (Å²) in [4.78, 5) is 29.1. The monoisotopic (exact) mass is 370 g/mol. The molecule has 1 aromatic carbocycles. The van der Waals surface area contributed by atoms with Crippen molar-refractivity contribution in [3.05, 3.63) is 68.5 Å². The zero-order valence-corrected chi connectivity index (χ0v) is 14.6. The number of benzene rings is 1. The summed E-state index contributed by atoms with van der Waals surface area (Å²) < 4.78 is 6.09. The molecule has 7 heteroatoms. The van der Waals surface area contributed by atoms with E-state index in [0.29, 0.717) is 26.7 Å². The number of aryl methyl sites for hydroxylation is 1. The van der Waals surface area contributed by atoms with E-state index >= 15 is 0 Å². The third kappa shape index (κ3) is 2.90. The summed E-state index contributed by atoms with van der Waals surface area (Å²) in [6, 6.07) is 10.4. The highest BCUT2D eigenvalue weighted by Crippen LogP contribution is 2.31. The van der Waals surface area contributed by atoms with Crippen molar-refractivity contribution in [3.8, 4) is 0 Å². The first kappa shape index (κ1) is 15.8. The van der Waals surface area contributed by atoms with Gasteiger partial charge >= 0.3 is 5.63 Å². The van der Waals surface area contributed by atoms with Crippen LogP contribution in [0, 0.1) is 6.92 Å². The fraction of sp³-hybridized carbons (Fsp3) is 0.0556. The molecule has 4 rings (SSSR count). The van der Waals surface area contributed by atoms with Crippen molar-refractivity contribution in [2.24, 2.45) is 0 Å². The number of fused-ring (bicyclic) bond motifs is 3. The van der Waals surface area contributed by atoms with Gasteiger partial charge < -0.3 is 9.73 Å². The summed E-state index contributed by atoms with van der Waals surface area (Å²) >= 11 is 7.04. The summed E-state index contributed by atoms with van der Waals surface area (Å²) in [6.07, 6.45) is 1.45. The molecule has 0 spiro atoms. The first-order valence-corrected chi connectivity index (χ1v) is 8.60. The highest BCUT2D eigenvalue weighted by atomic mass is 35.5. The van der Waals surface area contributed by atoms with E-state index in [1.807, 2.05) is 19.1 Å². The Morgan fingerprint density at radius 3 is 2.80 bits per heavy atom. The van der Waals surface area contributed by atoms with Gasteiger partial charge in [0.15, 0.2) is 0 Å². The van der Waals surface area contributed by atoms with Crippen LogP contribution in [0.3, 0.4) is 0 Å². The van der Waals surface area contributed by atoms with Gasteiger partial charge in [0, 0.05) is 11.6 Å². The largest absolute Gasteiger partial charge is 0.422 e. The fourth-order valence-corrected chi connectivity index (χ4v) is 3.72. The van der Waals surface area contributed by atoms with Crippen molar-refractivity contribution >= 4 is 55.7 Å². The summed E-state index contributed by atoms with van der Waals surface area (Å²) in [6.45, 7) is 1.96. The van der Waals surface area contributed by atoms with Crippen molar-refractivity contribution < 1.29 is 9.21 Å². The number of pyridine rings is 1. The van der Waals surface area contributed by atoms with Crippen LogP contribution in [0.5, 0.6) is 0 Å². The van der Waals surface area contributed by atoms with Crippen molar-refractivity contribution in [1.29, 1.82) is 0 Å². The molecule has 0 unspecified atom stereocenters. The number of rotatable bonds is 2. The van der Waals surface area contributed by atoms with Gasteiger partial charge in [-0.15, -0.1) is 11.3 Å². The van der Waals surface area contributed by atoms with Gasteiger partial charge in [0.1, 0.15) is 11.4 Å². The van der Waals surface area contributed by atoms with E-state index in [0.717, 1.165) is 15.6 Å². The van der Waals surface area contributed by atoms with Crippen molar-refractivity contribution in [2.45, 2.75) is 6.92 Å². The minimum Gasteiger partial charge on any atom is -0.422 e. The number of carbonyl (C=O) groups excluding carboxylic acids is 1. The molecule has 0 atom stereocenters. The van der Waals surface area contributed by atoms with Crippen LogP contribution in [0.25, 0.3) is 21.1 Å². The smallest absolute Gasteiger partial charge is 0.345 e. The summed E-state index contributed by atoms with van der Waals surface area (Å²) in [5, 5.41) is 4.40. The van der Waals surface area contributed by atoms with E-state index in [1.165, 1.54) is 17.5 Å². The third-order valence-electron chi connectivity index (χ3n) is 3.73. The lowest BCUT2D eigenvalue weighted by atomic mass is 10.1. The maximum Gasteiger partial charge on any atom is 0.345 e. The molecule has 0 aliphatic rings. The standard InChI is InChI=1S/C18H11ClN2O3S/c1-9-2-4-13-11(6-9)16-12(18(23)24-13)7-14(25-16)17(22)21-15-5-3-10(19)8-20-15/h2-8H,1H3,(H,20,21,22). The predicted molar refractivity (Wildman–Crippen MR) is 99.8 cm³/mol. The van der Waals surface area contributed by atoms with Crippen LogP contribution in [0.4, 0.5) is 5.82 Å². The van der Waals surface area contributed by atoms with Gasteiger partial charge in [-0.25, -0.2) is 9.78 Å². The van der Waals surface area contributed by atoms with Crippen LogP contribution in [0.2, 0.25) is 5.02 Å². The lowest BCUT2D eigenvalue weighted by Crippen LogP contribution is -2.11. The number of thiophene rings is 1. The number of amides is 1. The molecule has 3 aromatic heterocycles. The first-order chi connectivity index (χ1) is 12.0. The van der Waals surface area contributed by atoms with Crippen molar-refractivity contribution in [3.63, 3.8) is 0 Å². The molecule has 0 aliphatic carbocycles. The topological polar surface area (TPSA) is 72.2 Å². The molecule has 0 aliphatic heterocycles. The molecule has 1 amide bonds. The molecule has 25 heavy (non-hydrogen) atoms. The number of hydrogen-bond donors (Lipinski definition) is 1. The zero-order valence-electron chi connectivity index (χ0n) is 13.0. The minimum atomic E-state index is -0.453. The second-order valence-electron chi connectivity index (χ2n) is 5.56. The second kappa shape index (κ2) is 5.98. The Labute approximate surface area is 150 Å². The van der Waals surface area contributed by atoms with Crippen LogP contribution in [0.15, 0.2) is 51.8 Å². The number of anilines is 1. The fourth-order valence-electron chi connectivity index (χ4n) is 2.55. The van der Waals surface area contributed by atoms with E-state index < -0.39 is 5.63 Å². The highest BCUT2D eigenvalue weighted by Gasteiger charge is 2.16. The average molecular weight is 371 g/mol. The molecule has 1 N–H and O–H groups in total. The number of nitrogens with one attached hydrogen (secondary N) is 1. The van der Waals surface area contributed by atoms with Crippen LogP contribution in [-0.2, 0) is 0 Å². The van der Waals surface area contributed by atoms with Crippen LogP contribution < -0.4 is 10.9 Å². The minimum absolute atomic E-state index is 0.337. The third-order valence-corrected chi connectivity index (χ3v) is 5.12. The van der Waals surface area contributed by atoms with E-state index in [9.17, 15) is 9.59 Å². The quantitative estimate of drug-likeness (QED) is 0.523. The maximum atomic E-state index is 12.5. The van der Waals surface area contributed by atoms with Crippen LogP contribution in [-0.4, -0.2) is 10.9 Å². The van der Waals surface area contributed by atoms with Crippen molar-refractivity contribution in [2.75, 3.05) is 5.32 Å². The Hall–Kier alpha value is -2.70. The van der Waals surface area contributed by atoms with Gasteiger partial charge in [-0.2, -0.15) is 0 Å². The molecule has 5 nitrogen and oxygen atoms in total. The lowest BCUT2D eigenvalue weighted by Gasteiger charge is -2.01. The normalized spacial score (nSPS) is 11.1. The summed E-state index contributed by atoms with van der Waals surface area (Å²) in [5.74, 6) is 0.0517. The highest BCUT2D eigenvalue weighted by molar-refractivity contribution is 7.21. The Balaban J connectivity index is 1.80. The van der Waals surface area contributed by atoms with Crippen molar-refractivity contribution in [1.82, 2.24) is 4.98 Å². The van der Waals surface area contributed by atoms with Gasteiger partial charge in [-0.3, -0.25) is 4.79 Å². The van der Waals surface area contributed by atoms with Gasteiger partial charge in [0.05, 0.1) is 20.0 Å². The molecular weight excluding hydrogens is 360 g/mol. The van der Waals surface area contributed by atoms with E-state index in [-0.39, 0.29) is 5.91 Å². The summed E-state index contributed by atoms with van der Waals surface area (Å²) in [5.41, 5.74) is 1.11. The Bertz CT molecular complexity index is 1180. The van der Waals surface area contributed by atoms with E-state index in [4.69, 9.17) is 16.0 Å². The number of carbonyl (C=O) groups is 1. The van der Waals surface area contributed by atoms with Gasteiger partial charge in [-0.05, 0) is 37.3 Å². The van der Waals surface area contributed by atoms with Gasteiger partial charge in [0.25, 0.3) is 5.91 Å². The average Bonchev–Trinajstić information content (AvgIpc) is 3.04.